The Morgan fingerprint density at radius 1 is 1.50 bits per heavy atom. The highest BCUT2D eigenvalue weighted by atomic mass is 28.3. The van der Waals surface area contributed by atoms with E-state index in [9.17, 15) is 0 Å². The van der Waals surface area contributed by atoms with Gasteiger partial charge in [0, 0.05) is 6.54 Å². The molecule has 0 radical (unpaired) electrons. The summed E-state index contributed by atoms with van der Waals surface area (Å²) in [5.41, 5.74) is 4.78. The summed E-state index contributed by atoms with van der Waals surface area (Å²) in [7, 11) is -3.13. The molecule has 0 heterocycles. The van der Waals surface area contributed by atoms with Gasteiger partial charge in [-0.1, -0.05) is 0 Å². The second-order valence-electron chi connectivity index (χ2n) is 0.795. The van der Waals surface area contributed by atoms with E-state index in [1.807, 2.05) is 0 Å². The lowest BCUT2D eigenvalue weighted by atomic mass is 10.8. The molecular formula is C2H9NO4Si. The fraction of sp³-hybridized carbons (Fsp3) is 1.00. The smallest absolute Gasteiger partial charge is 0.511 e. The predicted molar refractivity (Wildman–Crippen MR) is 27.0 cm³/mol. The van der Waals surface area contributed by atoms with Crippen LogP contribution in [0.5, 0.6) is 0 Å². The van der Waals surface area contributed by atoms with Crippen LogP contribution in [0.1, 0.15) is 0 Å². The number of aliphatic hydroxyl groups excluding tert-OH is 1. The van der Waals surface area contributed by atoms with E-state index in [-0.39, 0.29) is 6.61 Å². The van der Waals surface area contributed by atoms with Crippen LogP contribution in [-0.4, -0.2) is 37.0 Å². The molecule has 8 heavy (non-hydrogen) atoms. The van der Waals surface area contributed by atoms with Crippen molar-refractivity contribution in [3.05, 3.63) is 0 Å². The highest BCUT2D eigenvalue weighted by molar-refractivity contribution is 6.22. The molecule has 5 nitrogen and oxygen atoms in total. The van der Waals surface area contributed by atoms with Crippen LogP contribution in [0, 0.1) is 0 Å². The van der Waals surface area contributed by atoms with Gasteiger partial charge in [-0.05, 0) is 0 Å². The van der Waals surface area contributed by atoms with Crippen LogP contribution in [0.3, 0.4) is 0 Å². The third-order valence-corrected chi connectivity index (χ3v) is 0.129. The average Bonchev–Trinajstić information content (AvgIpc) is 1.65. The van der Waals surface area contributed by atoms with E-state index in [0.29, 0.717) is 6.54 Å². The first-order valence-electron chi connectivity index (χ1n) is 1.88. The van der Waals surface area contributed by atoms with E-state index >= 15 is 0 Å². The molecule has 0 aromatic heterocycles. The van der Waals surface area contributed by atoms with E-state index in [2.05, 4.69) is 0 Å². The molecule has 0 aliphatic heterocycles. The molecule has 0 rings (SSSR count). The summed E-state index contributed by atoms with van der Waals surface area (Å²) in [6.45, 7) is 0.472. The van der Waals surface area contributed by atoms with Crippen molar-refractivity contribution in [2.45, 2.75) is 0 Å². The summed E-state index contributed by atoms with van der Waals surface area (Å²) < 4.78 is 8.74. The minimum absolute atomic E-state index is 0.0972. The van der Waals surface area contributed by atoms with Crippen LogP contribution in [0.15, 0.2) is 0 Å². The lowest BCUT2D eigenvalue weighted by molar-refractivity contribution is 0.306. The normalized spacial score (nSPS) is 6.75. The molecule has 0 unspecified atom stereocenters. The first kappa shape index (κ1) is 10.5. The van der Waals surface area contributed by atoms with Gasteiger partial charge in [-0.3, -0.25) is 4.46 Å². The molecule has 0 spiro atoms. The number of nitrogens with two attached hydrogens (primary N) is 1. The monoisotopic (exact) mass is 139 g/mol. The maximum Gasteiger partial charge on any atom is 0.761 e. The van der Waals surface area contributed by atoms with Gasteiger partial charge >= 0.3 is 9.17 Å². The Morgan fingerprint density at radius 2 is 1.62 bits per heavy atom. The molecule has 0 amide bonds. The molecule has 0 aliphatic carbocycles. The number of hydrogen-bond donors (Lipinski definition) is 4. The van der Waals surface area contributed by atoms with Crippen LogP contribution in [-0.2, 0) is 4.46 Å². The van der Waals surface area contributed by atoms with Gasteiger partial charge in [0.2, 0.25) is 0 Å². The zero-order valence-electron chi connectivity index (χ0n) is 4.24. The summed E-state index contributed by atoms with van der Waals surface area (Å²) in [4.78, 5) is 14.3. The van der Waals surface area contributed by atoms with Gasteiger partial charge in [0.05, 0.1) is 6.61 Å². The van der Waals surface area contributed by atoms with Gasteiger partial charge in [-0.2, -0.15) is 0 Å². The van der Waals surface area contributed by atoms with Crippen molar-refractivity contribution in [1.29, 1.82) is 0 Å². The maximum atomic E-state index is 8.74. The highest BCUT2D eigenvalue weighted by Gasteiger charge is 1.85. The van der Waals surface area contributed by atoms with E-state index in [4.69, 9.17) is 24.9 Å². The molecular weight excluding hydrogens is 130 g/mol. The Hall–Kier alpha value is -0.463. The molecule has 5 N–H and O–H groups in total. The van der Waals surface area contributed by atoms with Gasteiger partial charge < -0.3 is 20.4 Å². The molecule has 0 fully saturated rings. The molecule has 50 valence electrons. The van der Waals surface area contributed by atoms with Gasteiger partial charge in [-0.15, -0.1) is 0 Å². The Bertz CT molecular complexity index is 52.0. The molecule has 0 saturated heterocycles. The molecule has 0 atom stereocenters. The zero-order valence-corrected chi connectivity index (χ0v) is 5.24. The quantitative estimate of drug-likeness (QED) is 0.296. The number of aliphatic hydroxyl groups is 1. The molecule has 6 heteroatoms. The first-order chi connectivity index (χ1) is 3.65. The zero-order chi connectivity index (χ0) is 6.99. The Morgan fingerprint density at radius 3 is 1.62 bits per heavy atom. The van der Waals surface area contributed by atoms with Gasteiger partial charge in [-0.25, -0.2) is 0 Å². The van der Waals surface area contributed by atoms with Crippen molar-refractivity contribution in [2.75, 3.05) is 13.2 Å². The Kier molecular flexibility index (Phi) is 12.8. The fourth-order valence-corrected chi connectivity index (χ4v) is 0. The van der Waals surface area contributed by atoms with E-state index in [1.165, 1.54) is 0 Å². The summed E-state index contributed by atoms with van der Waals surface area (Å²) in [5, 5.41) is 7.75. The van der Waals surface area contributed by atoms with Gasteiger partial charge in [0.25, 0.3) is 0 Å². The minimum atomic E-state index is -3.13. The Labute approximate surface area is 48.3 Å². The summed E-state index contributed by atoms with van der Waals surface area (Å²) >= 11 is 0. The molecule has 0 bridgehead atoms. The van der Waals surface area contributed by atoms with Crippen molar-refractivity contribution < 1.29 is 19.2 Å². The third-order valence-electron chi connectivity index (χ3n) is 0.129. The number of rotatable bonds is 1. The SMILES string of the molecule is NCCO.O=[Si](O)O. The van der Waals surface area contributed by atoms with Crippen molar-refractivity contribution in [3.63, 3.8) is 0 Å². The lowest BCUT2D eigenvalue weighted by Gasteiger charge is -1.71. The maximum absolute atomic E-state index is 8.74. The van der Waals surface area contributed by atoms with Crippen molar-refractivity contribution in [1.82, 2.24) is 0 Å². The second-order valence-corrected chi connectivity index (χ2v) is 1.36. The van der Waals surface area contributed by atoms with Gasteiger partial charge in [0.15, 0.2) is 0 Å². The second kappa shape index (κ2) is 9.74. The average molecular weight is 139 g/mol. The van der Waals surface area contributed by atoms with E-state index < -0.39 is 9.17 Å². The largest absolute Gasteiger partial charge is 0.761 e. The van der Waals surface area contributed by atoms with E-state index in [0.717, 1.165) is 0 Å². The summed E-state index contributed by atoms with van der Waals surface area (Å²) in [6.07, 6.45) is 0. The highest BCUT2D eigenvalue weighted by Crippen LogP contribution is 1.33. The standard InChI is InChI=1S/C2H7NO.H2O3Si/c3-1-2-4;1-4(2)3/h4H,1-3H2;1-2H. The van der Waals surface area contributed by atoms with Crippen molar-refractivity contribution >= 4 is 9.17 Å². The van der Waals surface area contributed by atoms with Crippen LogP contribution in [0.25, 0.3) is 0 Å². The first-order valence-corrected chi connectivity index (χ1v) is 3.18. The van der Waals surface area contributed by atoms with Crippen LogP contribution >= 0.6 is 0 Å². The summed E-state index contributed by atoms with van der Waals surface area (Å²) in [6, 6.07) is 0. The molecule has 0 saturated carbocycles. The third kappa shape index (κ3) is 395. The van der Waals surface area contributed by atoms with E-state index in [1.54, 1.807) is 0 Å². The van der Waals surface area contributed by atoms with Crippen molar-refractivity contribution in [2.24, 2.45) is 5.73 Å². The molecule has 0 aromatic rings. The summed E-state index contributed by atoms with van der Waals surface area (Å²) in [5.74, 6) is 0. The molecule has 0 aromatic carbocycles. The lowest BCUT2D eigenvalue weighted by Crippen LogP contribution is -2.02. The minimum Gasteiger partial charge on any atom is -0.511 e. The fourth-order valence-electron chi connectivity index (χ4n) is 0. The van der Waals surface area contributed by atoms with Crippen molar-refractivity contribution in [3.8, 4) is 0 Å². The predicted octanol–water partition coefficient (Wildman–Crippen LogP) is -2.68. The number of hydrogen-bond acceptors (Lipinski definition) is 3. The van der Waals surface area contributed by atoms with Gasteiger partial charge in [0.1, 0.15) is 0 Å². The Balaban J connectivity index is 0. The molecule has 0 aliphatic rings. The van der Waals surface area contributed by atoms with Crippen LogP contribution in [0.4, 0.5) is 0 Å². The van der Waals surface area contributed by atoms with Crippen LogP contribution in [0.2, 0.25) is 0 Å². The van der Waals surface area contributed by atoms with Crippen LogP contribution < -0.4 is 5.73 Å². The topological polar surface area (TPSA) is 104 Å².